The summed E-state index contributed by atoms with van der Waals surface area (Å²) in [5.41, 5.74) is 8.10. The minimum atomic E-state index is 0.666. The van der Waals surface area contributed by atoms with Crippen molar-refractivity contribution in [1.29, 1.82) is 0 Å². The molecule has 1 aromatic carbocycles. The maximum absolute atomic E-state index is 3.65. The monoisotopic (exact) mass is 386 g/mol. The Bertz CT molecular complexity index is 1090. The summed E-state index contributed by atoms with van der Waals surface area (Å²) in [5.74, 6) is 0.666. The summed E-state index contributed by atoms with van der Waals surface area (Å²) in [6.45, 7) is 5.67. The predicted octanol–water partition coefficient (Wildman–Crippen LogP) is 5.44. The Hall–Kier alpha value is -2.72. The molecule has 0 unspecified atom stereocenters. The fourth-order valence-electron chi connectivity index (χ4n) is 4.93. The number of rotatable bonds is 5. The van der Waals surface area contributed by atoms with E-state index in [1.807, 2.05) is 6.20 Å². The van der Waals surface area contributed by atoms with Gasteiger partial charge in [-0.25, -0.2) is 0 Å². The summed E-state index contributed by atoms with van der Waals surface area (Å²) < 4.78 is 2.24. The molecule has 0 radical (unpaired) electrons. The lowest BCUT2D eigenvalue weighted by molar-refractivity contribution is 0.201. The van der Waals surface area contributed by atoms with Crippen LogP contribution in [-0.2, 0) is 20.0 Å². The smallest absolute Gasteiger partial charge is 0.0512 e. The number of nitrogens with zero attached hydrogens (tertiary/aromatic N) is 2. The van der Waals surface area contributed by atoms with E-state index < -0.39 is 0 Å². The van der Waals surface area contributed by atoms with Crippen LogP contribution in [0.2, 0.25) is 0 Å². The molecule has 3 aromatic heterocycles. The molecule has 0 atom stereocenters. The van der Waals surface area contributed by atoms with Gasteiger partial charge in [-0.1, -0.05) is 13.0 Å². The zero-order valence-corrected chi connectivity index (χ0v) is 17.4. The first-order valence-electron chi connectivity index (χ1n) is 10.8. The van der Waals surface area contributed by atoms with Crippen molar-refractivity contribution < 1.29 is 0 Å². The first kappa shape index (κ1) is 18.3. The SMILES string of the molecule is CCc1c(-c2cc[nH]c2)[nH]c2ccc(C3CCN(Cc4cccn4C)CC3)cc12. The Morgan fingerprint density at radius 1 is 1.10 bits per heavy atom. The summed E-state index contributed by atoms with van der Waals surface area (Å²) in [4.78, 5) is 9.44. The average molecular weight is 387 g/mol. The van der Waals surface area contributed by atoms with Gasteiger partial charge in [0.05, 0.1) is 5.69 Å². The average Bonchev–Trinajstić information content (AvgIpc) is 3.48. The topological polar surface area (TPSA) is 39.8 Å². The number of nitrogens with one attached hydrogen (secondary N) is 2. The van der Waals surface area contributed by atoms with Crippen LogP contribution >= 0.6 is 0 Å². The Labute approximate surface area is 172 Å². The number of likely N-dealkylation sites (tertiary alicyclic amines) is 1. The molecule has 0 spiro atoms. The van der Waals surface area contributed by atoms with Gasteiger partial charge in [0, 0.05) is 54.3 Å². The highest BCUT2D eigenvalue weighted by atomic mass is 15.1. The summed E-state index contributed by atoms with van der Waals surface area (Å²) >= 11 is 0. The van der Waals surface area contributed by atoms with Crippen molar-refractivity contribution in [1.82, 2.24) is 19.4 Å². The predicted molar refractivity (Wildman–Crippen MR) is 120 cm³/mol. The number of aromatic nitrogens is 3. The van der Waals surface area contributed by atoms with E-state index in [1.165, 1.54) is 64.9 Å². The molecule has 1 saturated heterocycles. The molecular weight excluding hydrogens is 356 g/mol. The second kappa shape index (κ2) is 7.60. The van der Waals surface area contributed by atoms with Crippen LogP contribution in [0.15, 0.2) is 55.0 Å². The quantitative estimate of drug-likeness (QED) is 0.471. The lowest BCUT2D eigenvalue weighted by atomic mass is 9.88. The van der Waals surface area contributed by atoms with E-state index in [9.17, 15) is 0 Å². The third kappa shape index (κ3) is 3.42. The van der Waals surface area contributed by atoms with Crippen molar-refractivity contribution in [3.05, 3.63) is 71.8 Å². The molecule has 0 bridgehead atoms. The fourth-order valence-corrected chi connectivity index (χ4v) is 4.93. The van der Waals surface area contributed by atoms with Gasteiger partial charge < -0.3 is 14.5 Å². The zero-order chi connectivity index (χ0) is 19.8. The van der Waals surface area contributed by atoms with Gasteiger partial charge in [0.2, 0.25) is 0 Å². The van der Waals surface area contributed by atoms with E-state index in [0.29, 0.717) is 5.92 Å². The maximum atomic E-state index is 3.65. The van der Waals surface area contributed by atoms with E-state index in [0.717, 1.165) is 13.0 Å². The molecule has 2 N–H and O–H groups in total. The van der Waals surface area contributed by atoms with E-state index in [4.69, 9.17) is 0 Å². The van der Waals surface area contributed by atoms with Gasteiger partial charge in [0.25, 0.3) is 0 Å². The molecule has 4 heteroatoms. The molecular formula is C25H30N4. The number of hydrogen-bond donors (Lipinski definition) is 2. The first-order valence-corrected chi connectivity index (χ1v) is 10.8. The van der Waals surface area contributed by atoms with Crippen molar-refractivity contribution >= 4 is 10.9 Å². The van der Waals surface area contributed by atoms with Crippen LogP contribution < -0.4 is 0 Å². The molecule has 4 nitrogen and oxygen atoms in total. The first-order chi connectivity index (χ1) is 14.2. The number of aryl methyl sites for hydroxylation is 2. The molecule has 1 aliphatic heterocycles. The third-order valence-corrected chi connectivity index (χ3v) is 6.67. The Kier molecular flexibility index (Phi) is 4.80. The van der Waals surface area contributed by atoms with Crippen LogP contribution in [0.25, 0.3) is 22.2 Å². The highest BCUT2D eigenvalue weighted by Crippen LogP contribution is 2.35. The van der Waals surface area contributed by atoms with E-state index >= 15 is 0 Å². The Balaban J connectivity index is 1.35. The van der Waals surface area contributed by atoms with Gasteiger partial charge in [-0.2, -0.15) is 0 Å². The minimum absolute atomic E-state index is 0.666. The molecule has 150 valence electrons. The van der Waals surface area contributed by atoms with Gasteiger partial charge >= 0.3 is 0 Å². The van der Waals surface area contributed by atoms with Gasteiger partial charge in [0.1, 0.15) is 0 Å². The van der Waals surface area contributed by atoms with Gasteiger partial charge in [-0.3, -0.25) is 4.90 Å². The van der Waals surface area contributed by atoms with Gasteiger partial charge in [-0.15, -0.1) is 0 Å². The molecule has 0 saturated carbocycles. The molecule has 1 aliphatic rings. The minimum Gasteiger partial charge on any atom is -0.367 e. The standard InChI is InChI=1S/C25H30N4/c1-3-22-23-15-19(6-7-24(23)27-25(22)20-8-11-26-16-20)18-9-13-29(14-10-18)17-21-5-4-12-28(21)2/h4-8,11-12,15-16,18,26-27H,3,9-10,13-14,17H2,1-2H3. The van der Waals surface area contributed by atoms with Crippen LogP contribution in [0.3, 0.4) is 0 Å². The number of piperidine rings is 1. The van der Waals surface area contributed by atoms with Gasteiger partial charge in [-0.05, 0) is 79.7 Å². The second-order valence-corrected chi connectivity index (χ2v) is 8.40. The molecule has 5 rings (SSSR count). The highest BCUT2D eigenvalue weighted by molar-refractivity contribution is 5.91. The van der Waals surface area contributed by atoms with Crippen molar-refractivity contribution in [3.63, 3.8) is 0 Å². The lowest BCUT2D eigenvalue weighted by Gasteiger charge is -2.32. The van der Waals surface area contributed by atoms with Crippen molar-refractivity contribution in [2.75, 3.05) is 13.1 Å². The largest absolute Gasteiger partial charge is 0.367 e. The van der Waals surface area contributed by atoms with Crippen LogP contribution in [-0.4, -0.2) is 32.5 Å². The molecule has 0 aliphatic carbocycles. The number of hydrogen-bond acceptors (Lipinski definition) is 1. The lowest BCUT2D eigenvalue weighted by Crippen LogP contribution is -2.33. The number of fused-ring (bicyclic) bond motifs is 1. The molecule has 4 aromatic rings. The number of benzene rings is 1. The van der Waals surface area contributed by atoms with Crippen LogP contribution in [0, 0.1) is 0 Å². The fraction of sp³-hybridized carbons (Fsp3) is 0.360. The highest BCUT2D eigenvalue weighted by Gasteiger charge is 2.22. The van der Waals surface area contributed by atoms with E-state index in [-0.39, 0.29) is 0 Å². The van der Waals surface area contributed by atoms with Crippen LogP contribution in [0.4, 0.5) is 0 Å². The van der Waals surface area contributed by atoms with Crippen LogP contribution in [0.1, 0.15) is 42.5 Å². The van der Waals surface area contributed by atoms with E-state index in [2.05, 4.69) is 82.2 Å². The molecule has 4 heterocycles. The maximum Gasteiger partial charge on any atom is 0.0512 e. The summed E-state index contributed by atoms with van der Waals surface area (Å²) in [6.07, 6.45) is 9.74. The second-order valence-electron chi connectivity index (χ2n) is 8.40. The normalized spacial score (nSPS) is 16.1. The molecule has 0 amide bonds. The molecule has 29 heavy (non-hydrogen) atoms. The summed E-state index contributed by atoms with van der Waals surface area (Å²) in [5, 5.41) is 1.40. The summed E-state index contributed by atoms with van der Waals surface area (Å²) in [6, 6.07) is 13.6. The van der Waals surface area contributed by atoms with Crippen LogP contribution in [0.5, 0.6) is 0 Å². The van der Waals surface area contributed by atoms with Crippen molar-refractivity contribution in [3.8, 4) is 11.3 Å². The van der Waals surface area contributed by atoms with Crippen molar-refractivity contribution in [2.45, 2.75) is 38.6 Å². The zero-order valence-electron chi connectivity index (χ0n) is 17.4. The summed E-state index contributed by atoms with van der Waals surface area (Å²) in [7, 11) is 2.14. The third-order valence-electron chi connectivity index (χ3n) is 6.67. The Morgan fingerprint density at radius 2 is 1.97 bits per heavy atom. The number of H-pyrrole nitrogens is 2. The van der Waals surface area contributed by atoms with Crippen molar-refractivity contribution in [2.24, 2.45) is 7.05 Å². The number of aromatic amines is 2. The Morgan fingerprint density at radius 3 is 2.66 bits per heavy atom. The van der Waals surface area contributed by atoms with E-state index in [1.54, 1.807) is 0 Å². The van der Waals surface area contributed by atoms with Gasteiger partial charge in [0.15, 0.2) is 0 Å². The molecule has 1 fully saturated rings.